The van der Waals surface area contributed by atoms with Crippen LogP contribution in [0, 0.1) is 11.3 Å². The lowest BCUT2D eigenvalue weighted by atomic mass is 10.1. The van der Waals surface area contributed by atoms with Gasteiger partial charge in [-0.05, 0) is 88.9 Å². The first-order valence-corrected chi connectivity index (χ1v) is 16.2. The number of amides is 4. The molecule has 276 valence electrons. The fourth-order valence-electron chi connectivity index (χ4n) is 5.16. The zero-order valence-electron chi connectivity index (χ0n) is 29.9. The van der Waals surface area contributed by atoms with Crippen molar-refractivity contribution in [2.45, 2.75) is 78.0 Å². The summed E-state index contributed by atoms with van der Waals surface area (Å²) in [5.74, 6) is -2.40. The van der Waals surface area contributed by atoms with Crippen molar-refractivity contribution in [2.24, 2.45) is 0 Å². The van der Waals surface area contributed by atoms with Gasteiger partial charge < -0.3 is 34.3 Å². The number of rotatable bonds is 8. The number of fused-ring (bicyclic) bond motifs is 1. The molecule has 4 amide bonds. The van der Waals surface area contributed by atoms with Gasteiger partial charge in [-0.3, -0.25) is 23.7 Å². The average Bonchev–Trinajstić information content (AvgIpc) is 3.06. The molecule has 0 aliphatic carbocycles. The van der Waals surface area contributed by atoms with Gasteiger partial charge in [0.1, 0.15) is 17.7 Å². The molecule has 2 heterocycles. The topological polar surface area (TPSA) is 207 Å². The molecular formula is C36H41N5O11. The quantitative estimate of drug-likeness (QED) is 0.254. The minimum atomic E-state index is -1.99. The highest BCUT2D eigenvalue weighted by Gasteiger charge is 2.40. The molecule has 3 aromatic rings. The number of pyridine rings is 1. The van der Waals surface area contributed by atoms with Crippen LogP contribution in [0.1, 0.15) is 52.7 Å². The standard InChI is InChI=1S/C36H41N5O11/c1-35(2,3)51-33(47)41(34(48)52-36(4,5)6)19-23-16-24(11-8-22(23)18-37)38-31(45)29(44)30-32(46)39(14-15-50-30)25-12-9-21-10-13-27(42)40(26(21)17-25)20-28(43)49-7/h8-13,16-17,29-30,44H,14-15,19-20H2,1-7H3,(H,38,45). The highest BCUT2D eigenvalue weighted by Crippen LogP contribution is 2.26. The highest BCUT2D eigenvalue weighted by molar-refractivity contribution is 6.04. The van der Waals surface area contributed by atoms with E-state index in [2.05, 4.69) is 5.32 Å². The number of nitrogens with one attached hydrogen (secondary N) is 1. The van der Waals surface area contributed by atoms with E-state index in [9.17, 15) is 39.1 Å². The predicted molar refractivity (Wildman–Crippen MR) is 186 cm³/mol. The Bertz CT molecular complexity index is 1960. The first-order chi connectivity index (χ1) is 24.3. The summed E-state index contributed by atoms with van der Waals surface area (Å²) >= 11 is 0. The highest BCUT2D eigenvalue weighted by atomic mass is 16.6. The van der Waals surface area contributed by atoms with Gasteiger partial charge >= 0.3 is 18.2 Å². The predicted octanol–water partition coefficient (Wildman–Crippen LogP) is 3.45. The molecule has 1 aliphatic rings. The normalized spacial score (nSPS) is 15.3. The van der Waals surface area contributed by atoms with Crippen molar-refractivity contribution in [1.29, 1.82) is 5.26 Å². The van der Waals surface area contributed by atoms with E-state index in [0.717, 1.165) is 0 Å². The van der Waals surface area contributed by atoms with E-state index < -0.39 is 65.5 Å². The lowest BCUT2D eigenvalue weighted by Crippen LogP contribution is -2.55. The van der Waals surface area contributed by atoms with Crippen LogP contribution in [0.25, 0.3) is 10.9 Å². The number of nitriles is 1. The number of methoxy groups -OCH3 is 1. The number of hydrogen-bond donors (Lipinski definition) is 2. The Morgan fingerprint density at radius 3 is 2.23 bits per heavy atom. The minimum absolute atomic E-state index is 0.0469. The number of aliphatic hydroxyl groups excluding tert-OH is 1. The lowest BCUT2D eigenvalue weighted by Gasteiger charge is -2.34. The van der Waals surface area contributed by atoms with Crippen LogP contribution in [0.5, 0.6) is 0 Å². The average molecular weight is 720 g/mol. The Morgan fingerprint density at radius 1 is 1.00 bits per heavy atom. The molecule has 2 N–H and O–H groups in total. The second-order valence-corrected chi connectivity index (χ2v) is 13.8. The number of aliphatic hydroxyl groups is 1. The molecule has 4 rings (SSSR count). The second-order valence-electron chi connectivity index (χ2n) is 13.8. The van der Waals surface area contributed by atoms with Gasteiger partial charge in [0.25, 0.3) is 17.4 Å². The van der Waals surface area contributed by atoms with E-state index >= 15 is 0 Å². The fourth-order valence-corrected chi connectivity index (χ4v) is 5.16. The second kappa shape index (κ2) is 15.6. The summed E-state index contributed by atoms with van der Waals surface area (Å²) in [7, 11) is 1.20. The Labute approximate surface area is 299 Å². The first kappa shape index (κ1) is 39.0. The lowest BCUT2D eigenvalue weighted by molar-refractivity contribution is -0.150. The summed E-state index contributed by atoms with van der Waals surface area (Å²) in [5, 5.41) is 23.9. The number of carbonyl (C=O) groups is 5. The molecule has 0 bridgehead atoms. The smallest absolute Gasteiger partial charge is 0.420 e. The number of morpholine rings is 1. The largest absolute Gasteiger partial charge is 0.468 e. The van der Waals surface area contributed by atoms with E-state index in [0.29, 0.717) is 21.5 Å². The van der Waals surface area contributed by atoms with Crippen LogP contribution in [0.15, 0.2) is 53.3 Å². The number of anilines is 2. The summed E-state index contributed by atoms with van der Waals surface area (Å²) in [6, 6.07) is 13.8. The molecular weight excluding hydrogens is 678 g/mol. The van der Waals surface area contributed by atoms with Crippen molar-refractivity contribution in [2.75, 3.05) is 30.5 Å². The third kappa shape index (κ3) is 9.50. The molecule has 16 heteroatoms. The maximum absolute atomic E-state index is 13.6. The number of hydrogen-bond acceptors (Lipinski definition) is 12. The molecule has 52 heavy (non-hydrogen) atoms. The SMILES string of the molecule is COC(=O)Cn1c(=O)ccc2ccc(N3CCOC(C(O)C(=O)Nc4ccc(C#N)c(CN(C(=O)OC(C)(C)C)C(=O)OC(C)(C)C)c4)C3=O)cc21. The van der Waals surface area contributed by atoms with Crippen LogP contribution in [0.2, 0.25) is 0 Å². The molecule has 16 nitrogen and oxygen atoms in total. The van der Waals surface area contributed by atoms with Crippen molar-refractivity contribution >= 4 is 52.2 Å². The first-order valence-electron chi connectivity index (χ1n) is 16.2. The minimum Gasteiger partial charge on any atom is -0.468 e. The molecule has 2 aromatic carbocycles. The Balaban J connectivity index is 1.56. The van der Waals surface area contributed by atoms with Gasteiger partial charge in [0, 0.05) is 24.0 Å². The molecule has 0 spiro atoms. The van der Waals surface area contributed by atoms with Crippen LogP contribution >= 0.6 is 0 Å². The molecule has 1 fully saturated rings. The summed E-state index contributed by atoms with van der Waals surface area (Å²) in [6.07, 6.45) is -5.66. The summed E-state index contributed by atoms with van der Waals surface area (Å²) in [6.45, 7) is 8.91. The van der Waals surface area contributed by atoms with Gasteiger partial charge in [-0.15, -0.1) is 0 Å². The molecule has 2 unspecified atom stereocenters. The number of carbonyl (C=O) groups excluding carboxylic acids is 5. The van der Waals surface area contributed by atoms with Crippen LogP contribution in [0.4, 0.5) is 21.0 Å². The van der Waals surface area contributed by atoms with Crippen molar-refractivity contribution in [3.8, 4) is 6.07 Å². The zero-order valence-corrected chi connectivity index (χ0v) is 29.9. The van der Waals surface area contributed by atoms with Crippen LogP contribution in [-0.2, 0) is 46.4 Å². The molecule has 0 radical (unpaired) electrons. The van der Waals surface area contributed by atoms with Gasteiger partial charge in [-0.2, -0.15) is 5.26 Å². The van der Waals surface area contributed by atoms with Crippen LogP contribution < -0.4 is 15.8 Å². The Kier molecular flexibility index (Phi) is 11.7. The summed E-state index contributed by atoms with van der Waals surface area (Å²) in [5.41, 5.74) is -1.40. The van der Waals surface area contributed by atoms with Gasteiger partial charge in [0.05, 0.1) is 37.4 Å². The molecule has 1 saturated heterocycles. The maximum Gasteiger partial charge on any atom is 0.420 e. The van der Waals surface area contributed by atoms with E-state index in [1.807, 2.05) is 6.07 Å². The summed E-state index contributed by atoms with van der Waals surface area (Å²) in [4.78, 5) is 79.6. The van der Waals surface area contributed by atoms with Crippen molar-refractivity contribution in [3.63, 3.8) is 0 Å². The number of aromatic nitrogens is 1. The van der Waals surface area contributed by atoms with Gasteiger partial charge in [-0.1, -0.05) is 6.07 Å². The number of imide groups is 1. The van der Waals surface area contributed by atoms with Gasteiger partial charge in [-0.25, -0.2) is 14.5 Å². The van der Waals surface area contributed by atoms with Crippen LogP contribution in [0.3, 0.4) is 0 Å². The molecule has 1 aliphatic heterocycles. The Hall–Kier alpha value is -5.79. The third-order valence-corrected chi connectivity index (χ3v) is 7.53. The number of nitrogens with zero attached hydrogens (tertiary/aromatic N) is 4. The monoisotopic (exact) mass is 719 g/mol. The number of esters is 1. The summed E-state index contributed by atoms with van der Waals surface area (Å²) < 4.78 is 22.2. The van der Waals surface area contributed by atoms with Crippen molar-refractivity contribution in [3.05, 3.63) is 70.0 Å². The zero-order chi connectivity index (χ0) is 38.5. The van der Waals surface area contributed by atoms with E-state index in [4.69, 9.17) is 18.9 Å². The van der Waals surface area contributed by atoms with Crippen LogP contribution in [-0.4, -0.2) is 88.2 Å². The number of benzene rings is 2. The number of ether oxygens (including phenoxy) is 4. The van der Waals surface area contributed by atoms with E-state index in [-0.39, 0.29) is 36.5 Å². The van der Waals surface area contributed by atoms with Gasteiger partial charge in [0.15, 0.2) is 12.2 Å². The maximum atomic E-state index is 13.6. The Morgan fingerprint density at radius 2 is 1.63 bits per heavy atom. The molecule has 2 atom stereocenters. The van der Waals surface area contributed by atoms with Gasteiger partial charge in [0.2, 0.25) is 0 Å². The molecule has 0 saturated carbocycles. The third-order valence-electron chi connectivity index (χ3n) is 7.53. The molecule has 1 aromatic heterocycles. The van der Waals surface area contributed by atoms with Crippen molar-refractivity contribution < 1.29 is 48.0 Å². The van der Waals surface area contributed by atoms with Crippen molar-refractivity contribution in [1.82, 2.24) is 9.47 Å². The van der Waals surface area contributed by atoms with E-state index in [1.165, 1.54) is 40.8 Å². The fraction of sp³-hybridized carbons (Fsp3) is 0.417. The van der Waals surface area contributed by atoms with E-state index in [1.54, 1.807) is 65.8 Å².